The fourth-order valence-electron chi connectivity index (χ4n) is 3.94. The highest BCUT2D eigenvalue weighted by molar-refractivity contribution is 7.15. The molecule has 0 unspecified atom stereocenters. The summed E-state index contributed by atoms with van der Waals surface area (Å²) < 4.78 is 3.63. The van der Waals surface area contributed by atoms with Crippen molar-refractivity contribution in [2.24, 2.45) is 5.92 Å². The van der Waals surface area contributed by atoms with Gasteiger partial charge in [0.1, 0.15) is 25.5 Å². The third-order valence-corrected chi connectivity index (χ3v) is 5.83. The summed E-state index contributed by atoms with van der Waals surface area (Å²) in [5.74, 6) is -1.71. The van der Waals surface area contributed by atoms with E-state index in [0.29, 0.717) is 17.8 Å². The third-order valence-electron chi connectivity index (χ3n) is 5.03. The second-order valence-electron chi connectivity index (χ2n) is 6.43. The van der Waals surface area contributed by atoms with Crippen molar-refractivity contribution in [1.29, 1.82) is 0 Å². The molecule has 9 heteroatoms. The fraction of sp³-hybridized carbons (Fsp3) is 0.438. The van der Waals surface area contributed by atoms with E-state index >= 15 is 0 Å². The molecule has 25 heavy (non-hydrogen) atoms. The van der Waals surface area contributed by atoms with Crippen LogP contribution < -0.4 is 9.67 Å². The first-order chi connectivity index (χ1) is 11.9. The van der Waals surface area contributed by atoms with Crippen molar-refractivity contribution in [1.82, 2.24) is 9.30 Å². The number of nitrogens with zero attached hydrogens (tertiary/aromatic N) is 3. The normalized spacial score (nSPS) is 24.0. The second kappa shape index (κ2) is 5.65. The number of imidazole rings is 1. The highest BCUT2D eigenvalue weighted by Crippen LogP contribution is 2.43. The van der Waals surface area contributed by atoms with Crippen LogP contribution in [0.5, 0.6) is 0 Å². The van der Waals surface area contributed by atoms with Gasteiger partial charge in [-0.25, -0.2) is 4.57 Å². The molecule has 0 spiro atoms. The lowest BCUT2D eigenvalue weighted by atomic mass is 9.83. The zero-order valence-corrected chi connectivity index (χ0v) is 14.3. The molecule has 4 heterocycles. The number of hydrogen-bond donors (Lipinski definition) is 2. The van der Waals surface area contributed by atoms with Crippen molar-refractivity contribution < 1.29 is 29.5 Å². The van der Waals surface area contributed by atoms with Crippen LogP contribution in [0.2, 0.25) is 0 Å². The number of carboxylic acid groups (broad SMARTS) is 1. The van der Waals surface area contributed by atoms with Crippen molar-refractivity contribution in [3.8, 4) is 0 Å². The fourth-order valence-corrected chi connectivity index (χ4v) is 4.73. The summed E-state index contributed by atoms with van der Waals surface area (Å²) in [4.78, 5) is 26.0. The summed E-state index contributed by atoms with van der Waals surface area (Å²) >= 11 is 1.51. The Bertz CT molecular complexity index is 912. The number of amides is 1. The van der Waals surface area contributed by atoms with E-state index in [-0.39, 0.29) is 30.8 Å². The molecule has 2 aromatic rings. The van der Waals surface area contributed by atoms with E-state index < -0.39 is 18.0 Å². The molecular formula is C16H17N3O5S. The molecule has 0 aromatic carbocycles. The van der Waals surface area contributed by atoms with E-state index in [1.54, 1.807) is 4.57 Å². The number of thiazole rings is 1. The Balaban J connectivity index is 1.70. The number of aliphatic carboxylic acids is 1. The minimum atomic E-state index is -1.39. The Morgan fingerprint density at radius 3 is 2.96 bits per heavy atom. The molecule has 0 aliphatic carbocycles. The van der Waals surface area contributed by atoms with Crippen LogP contribution in [0, 0.1) is 5.92 Å². The number of β-lactam (4-membered cyclic amide) rings is 1. The van der Waals surface area contributed by atoms with Crippen LogP contribution in [0.3, 0.4) is 0 Å². The number of aromatic nitrogens is 2. The lowest BCUT2D eigenvalue weighted by Gasteiger charge is -2.45. The van der Waals surface area contributed by atoms with Gasteiger partial charge in [-0.05, 0) is 18.9 Å². The maximum absolute atomic E-state index is 12.2. The molecule has 2 aromatic heterocycles. The SMILES string of the molecule is C[C@@H](O)[C@H]1C(=O)N2C(C(=O)[O-])=C(C[n+]3cc4sccn4c3CO)C[C@H]12. The standard InChI is InChI=1S/C16H17N3O5S/c1-8(21)13-10-4-9(14(16(23)24)19(10)15(13)22)5-17-6-12-18(2-3-25-12)11(17)7-20/h2-3,6,8,10,13,20-21H,4-5,7H2,1H3/t8-,10-,13-/m1/s1. The lowest BCUT2D eigenvalue weighted by Crippen LogP contribution is -2.62. The Kier molecular flexibility index (Phi) is 3.67. The van der Waals surface area contributed by atoms with E-state index in [9.17, 15) is 24.9 Å². The molecule has 8 nitrogen and oxygen atoms in total. The molecular weight excluding hydrogens is 346 g/mol. The van der Waals surface area contributed by atoms with Crippen molar-refractivity contribution in [3.05, 3.63) is 34.9 Å². The largest absolute Gasteiger partial charge is 0.543 e. The number of aliphatic hydroxyl groups excluding tert-OH is 2. The number of hydrogen-bond acceptors (Lipinski definition) is 6. The molecule has 1 saturated heterocycles. The monoisotopic (exact) mass is 363 g/mol. The molecule has 0 saturated carbocycles. The first kappa shape index (κ1) is 16.2. The van der Waals surface area contributed by atoms with Gasteiger partial charge in [-0.15, -0.1) is 0 Å². The van der Waals surface area contributed by atoms with Crippen LogP contribution in [0.4, 0.5) is 0 Å². The van der Waals surface area contributed by atoms with Crippen LogP contribution in [0.25, 0.3) is 4.83 Å². The van der Waals surface area contributed by atoms with Gasteiger partial charge >= 0.3 is 0 Å². The lowest BCUT2D eigenvalue weighted by molar-refractivity contribution is -0.697. The molecule has 2 N–H and O–H groups in total. The molecule has 2 aliphatic heterocycles. The number of aliphatic hydroxyl groups is 2. The zero-order chi connectivity index (χ0) is 17.9. The molecule has 1 fully saturated rings. The number of fused-ring (bicyclic) bond motifs is 2. The average molecular weight is 363 g/mol. The highest BCUT2D eigenvalue weighted by Gasteiger charge is 2.55. The summed E-state index contributed by atoms with van der Waals surface area (Å²) in [6.07, 6.45) is 3.24. The highest BCUT2D eigenvalue weighted by atomic mass is 32.1. The predicted octanol–water partition coefficient (Wildman–Crippen LogP) is -1.60. The van der Waals surface area contributed by atoms with Gasteiger partial charge in [-0.2, -0.15) is 4.40 Å². The van der Waals surface area contributed by atoms with Crippen LogP contribution in [0.1, 0.15) is 19.2 Å². The number of carbonyl (C=O) groups excluding carboxylic acids is 2. The quantitative estimate of drug-likeness (QED) is 0.491. The van der Waals surface area contributed by atoms with Gasteiger partial charge < -0.3 is 25.0 Å². The van der Waals surface area contributed by atoms with E-state index in [1.165, 1.54) is 23.2 Å². The molecule has 3 atom stereocenters. The molecule has 0 radical (unpaired) electrons. The molecule has 1 amide bonds. The Hall–Kier alpha value is -2.23. The minimum Gasteiger partial charge on any atom is -0.543 e. The van der Waals surface area contributed by atoms with Crippen molar-refractivity contribution in [2.75, 3.05) is 0 Å². The van der Waals surface area contributed by atoms with Crippen molar-refractivity contribution >= 4 is 28.0 Å². The molecule has 0 bridgehead atoms. The van der Waals surface area contributed by atoms with Gasteiger partial charge in [0.25, 0.3) is 5.82 Å². The van der Waals surface area contributed by atoms with Crippen LogP contribution in [-0.4, -0.2) is 43.5 Å². The maximum atomic E-state index is 12.2. The Morgan fingerprint density at radius 1 is 1.56 bits per heavy atom. The zero-order valence-electron chi connectivity index (χ0n) is 13.5. The van der Waals surface area contributed by atoms with E-state index in [1.807, 2.05) is 22.2 Å². The van der Waals surface area contributed by atoms with Gasteiger partial charge in [-0.1, -0.05) is 11.3 Å². The van der Waals surface area contributed by atoms with Gasteiger partial charge in [-0.3, -0.25) is 4.79 Å². The number of rotatable bonds is 5. The predicted molar refractivity (Wildman–Crippen MR) is 83.8 cm³/mol. The van der Waals surface area contributed by atoms with Gasteiger partial charge in [0.05, 0.1) is 29.7 Å². The Labute approximate surface area is 146 Å². The topological polar surface area (TPSA) is 109 Å². The molecule has 132 valence electrons. The van der Waals surface area contributed by atoms with Crippen LogP contribution in [0.15, 0.2) is 29.0 Å². The van der Waals surface area contributed by atoms with Crippen LogP contribution in [-0.2, 0) is 22.7 Å². The summed E-state index contributed by atoms with van der Waals surface area (Å²) in [6.45, 7) is 1.60. The van der Waals surface area contributed by atoms with E-state index in [4.69, 9.17) is 0 Å². The Morgan fingerprint density at radius 2 is 2.32 bits per heavy atom. The summed E-state index contributed by atoms with van der Waals surface area (Å²) in [6, 6.07) is -0.336. The third kappa shape index (κ3) is 2.23. The van der Waals surface area contributed by atoms with Crippen molar-refractivity contribution in [3.63, 3.8) is 0 Å². The first-order valence-corrected chi connectivity index (χ1v) is 8.84. The second-order valence-corrected chi connectivity index (χ2v) is 7.35. The van der Waals surface area contributed by atoms with Crippen molar-refractivity contribution in [2.45, 2.75) is 38.6 Å². The minimum absolute atomic E-state index is 0.0992. The summed E-state index contributed by atoms with van der Waals surface area (Å²) in [5.41, 5.74) is 0.470. The average Bonchev–Trinajstić information content (AvgIpc) is 3.18. The summed E-state index contributed by atoms with van der Waals surface area (Å²) in [7, 11) is 0. The van der Waals surface area contributed by atoms with Crippen LogP contribution >= 0.6 is 11.3 Å². The van der Waals surface area contributed by atoms with Gasteiger partial charge in [0.2, 0.25) is 10.7 Å². The van der Waals surface area contributed by atoms with E-state index in [0.717, 1.165) is 4.83 Å². The molecule has 2 aliphatic rings. The van der Waals surface area contributed by atoms with Gasteiger partial charge in [0.15, 0.2) is 0 Å². The number of carbonyl (C=O) groups is 2. The van der Waals surface area contributed by atoms with E-state index in [2.05, 4.69) is 0 Å². The first-order valence-electron chi connectivity index (χ1n) is 7.96. The van der Waals surface area contributed by atoms with Gasteiger partial charge in [0, 0.05) is 5.38 Å². The summed E-state index contributed by atoms with van der Waals surface area (Å²) in [5, 5.41) is 32.9. The molecule has 4 rings (SSSR count). The maximum Gasteiger partial charge on any atom is 0.288 e. The number of carboxylic acids is 1. The smallest absolute Gasteiger partial charge is 0.288 e.